The Morgan fingerprint density at radius 1 is 1.00 bits per heavy atom. The lowest BCUT2D eigenvalue weighted by molar-refractivity contribution is -0.130. The molecule has 1 amide bonds. The molecule has 1 unspecified atom stereocenters. The lowest BCUT2D eigenvalue weighted by Crippen LogP contribution is -2.36. The first-order chi connectivity index (χ1) is 16.5. The van der Waals surface area contributed by atoms with Crippen LogP contribution in [0.2, 0.25) is 0 Å². The van der Waals surface area contributed by atoms with Crippen LogP contribution in [0, 0.1) is 13.8 Å². The van der Waals surface area contributed by atoms with Crippen molar-refractivity contribution in [2.75, 3.05) is 6.54 Å². The molecule has 6 nitrogen and oxygen atoms in total. The Bertz CT molecular complexity index is 1260. The molecule has 0 spiro atoms. The highest BCUT2D eigenvalue weighted by Gasteiger charge is 2.25. The Morgan fingerprint density at radius 3 is 2.41 bits per heavy atom. The van der Waals surface area contributed by atoms with Crippen molar-refractivity contribution >= 4 is 17.7 Å². The van der Waals surface area contributed by atoms with Gasteiger partial charge in [0.15, 0.2) is 11.0 Å². The molecule has 0 aliphatic heterocycles. The predicted octanol–water partition coefficient (Wildman–Crippen LogP) is 5.48. The highest BCUT2D eigenvalue weighted by molar-refractivity contribution is 8.00. The summed E-state index contributed by atoms with van der Waals surface area (Å²) in [7, 11) is 0. The number of nitrogens with zero attached hydrogens (tertiary/aromatic N) is 5. The van der Waals surface area contributed by atoms with E-state index in [-0.39, 0.29) is 11.2 Å². The fourth-order valence-corrected chi connectivity index (χ4v) is 4.70. The summed E-state index contributed by atoms with van der Waals surface area (Å²) in [5.41, 5.74) is 5.42. The van der Waals surface area contributed by atoms with Crippen LogP contribution in [0.25, 0.3) is 17.1 Å². The predicted molar refractivity (Wildman–Crippen MR) is 137 cm³/mol. The molecule has 2 aromatic heterocycles. The fraction of sp³-hybridized carbons (Fsp3) is 0.259. The van der Waals surface area contributed by atoms with Crippen LogP contribution < -0.4 is 0 Å². The van der Waals surface area contributed by atoms with Gasteiger partial charge in [-0.25, -0.2) is 0 Å². The van der Waals surface area contributed by atoms with Crippen molar-refractivity contribution in [1.29, 1.82) is 0 Å². The van der Waals surface area contributed by atoms with Gasteiger partial charge < -0.3 is 4.90 Å². The Kier molecular flexibility index (Phi) is 7.43. The van der Waals surface area contributed by atoms with Crippen molar-refractivity contribution in [2.24, 2.45) is 0 Å². The van der Waals surface area contributed by atoms with Crippen LogP contribution in [0.5, 0.6) is 0 Å². The third kappa shape index (κ3) is 5.20. The number of rotatable bonds is 8. The van der Waals surface area contributed by atoms with Crippen molar-refractivity contribution < 1.29 is 4.79 Å². The van der Waals surface area contributed by atoms with Crippen molar-refractivity contribution in [3.8, 4) is 17.1 Å². The van der Waals surface area contributed by atoms with E-state index in [4.69, 9.17) is 0 Å². The number of thioether (sulfide) groups is 1. The zero-order valence-electron chi connectivity index (χ0n) is 20.0. The van der Waals surface area contributed by atoms with Gasteiger partial charge in [0.1, 0.15) is 0 Å². The molecular formula is C27H29N5OS. The summed E-state index contributed by atoms with van der Waals surface area (Å²) in [6.45, 7) is 9.37. The van der Waals surface area contributed by atoms with Crippen LogP contribution in [0.3, 0.4) is 0 Å². The summed E-state index contributed by atoms with van der Waals surface area (Å²) in [5.74, 6) is 0.806. The lowest BCUT2D eigenvalue weighted by atomic mass is 10.1. The number of pyridine rings is 1. The van der Waals surface area contributed by atoms with Gasteiger partial charge >= 0.3 is 0 Å². The monoisotopic (exact) mass is 471 g/mol. The van der Waals surface area contributed by atoms with Crippen LogP contribution in [0.4, 0.5) is 0 Å². The SMILES string of the molecule is CCN(Cc1ccccc1)C(=O)C(C)Sc1nnc(-c2ccncc2)n1-c1ccc(C)c(C)c1. The van der Waals surface area contributed by atoms with Gasteiger partial charge in [0.25, 0.3) is 0 Å². The van der Waals surface area contributed by atoms with E-state index in [9.17, 15) is 4.79 Å². The van der Waals surface area contributed by atoms with Gasteiger partial charge in [0.05, 0.1) is 10.9 Å². The zero-order chi connectivity index (χ0) is 24.1. The van der Waals surface area contributed by atoms with E-state index in [0.717, 1.165) is 22.6 Å². The second-order valence-corrected chi connectivity index (χ2v) is 9.55. The van der Waals surface area contributed by atoms with E-state index in [0.29, 0.717) is 18.2 Å². The van der Waals surface area contributed by atoms with Crippen LogP contribution >= 0.6 is 11.8 Å². The third-order valence-corrected chi connectivity index (χ3v) is 6.89. The maximum atomic E-state index is 13.3. The molecule has 0 N–H and O–H groups in total. The van der Waals surface area contributed by atoms with Gasteiger partial charge in [-0.2, -0.15) is 0 Å². The first kappa shape index (κ1) is 23.7. The van der Waals surface area contributed by atoms with E-state index >= 15 is 0 Å². The van der Waals surface area contributed by atoms with Crippen molar-refractivity contribution in [1.82, 2.24) is 24.6 Å². The molecule has 0 saturated heterocycles. The van der Waals surface area contributed by atoms with E-state index < -0.39 is 0 Å². The van der Waals surface area contributed by atoms with Crippen molar-refractivity contribution in [3.05, 3.63) is 89.7 Å². The van der Waals surface area contributed by atoms with Gasteiger partial charge in [-0.1, -0.05) is 48.2 Å². The number of amides is 1. The minimum Gasteiger partial charge on any atom is -0.338 e. The Morgan fingerprint density at radius 2 is 1.74 bits per heavy atom. The minimum atomic E-state index is -0.316. The highest BCUT2D eigenvalue weighted by Crippen LogP contribution is 2.31. The summed E-state index contributed by atoms with van der Waals surface area (Å²) in [6.07, 6.45) is 3.49. The van der Waals surface area contributed by atoms with E-state index in [1.54, 1.807) is 12.4 Å². The number of carbonyl (C=O) groups is 1. The van der Waals surface area contributed by atoms with Crippen LogP contribution in [0.1, 0.15) is 30.5 Å². The summed E-state index contributed by atoms with van der Waals surface area (Å²) in [6, 6.07) is 20.2. The molecule has 0 aliphatic carbocycles. The van der Waals surface area contributed by atoms with Crippen LogP contribution in [0.15, 0.2) is 78.2 Å². The van der Waals surface area contributed by atoms with Crippen molar-refractivity contribution in [2.45, 2.75) is 44.6 Å². The fourth-order valence-electron chi connectivity index (χ4n) is 3.75. The van der Waals surface area contributed by atoms with Gasteiger partial charge in [0.2, 0.25) is 5.91 Å². The summed E-state index contributed by atoms with van der Waals surface area (Å²) >= 11 is 1.44. The van der Waals surface area contributed by atoms with Crippen LogP contribution in [-0.2, 0) is 11.3 Å². The number of aryl methyl sites for hydroxylation is 2. The molecule has 0 aliphatic rings. The van der Waals surface area contributed by atoms with Crippen molar-refractivity contribution in [3.63, 3.8) is 0 Å². The van der Waals surface area contributed by atoms with Gasteiger partial charge in [-0.3, -0.25) is 14.3 Å². The van der Waals surface area contributed by atoms with E-state index in [1.807, 2.05) is 65.8 Å². The molecule has 0 fully saturated rings. The molecule has 34 heavy (non-hydrogen) atoms. The number of carbonyl (C=O) groups excluding carboxylic acids is 1. The number of benzene rings is 2. The highest BCUT2D eigenvalue weighted by atomic mass is 32.2. The van der Waals surface area contributed by atoms with Gasteiger partial charge in [0, 0.05) is 31.0 Å². The topological polar surface area (TPSA) is 63.9 Å². The largest absolute Gasteiger partial charge is 0.338 e. The third-order valence-electron chi connectivity index (χ3n) is 5.86. The maximum absolute atomic E-state index is 13.3. The number of aromatic nitrogens is 4. The Hall–Kier alpha value is -3.45. The molecule has 2 heterocycles. The second kappa shape index (κ2) is 10.7. The van der Waals surface area contributed by atoms with Gasteiger partial charge in [-0.05, 0) is 68.7 Å². The number of hydrogen-bond acceptors (Lipinski definition) is 5. The first-order valence-electron chi connectivity index (χ1n) is 11.4. The molecule has 2 aromatic carbocycles. The summed E-state index contributed by atoms with van der Waals surface area (Å²) in [4.78, 5) is 19.4. The quantitative estimate of drug-likeness (QED) is 0.319. The Balaban J connectivity index is 1.65. The standard InChI is InChI=1S/C27H29N5OS/c1-5-31(18-22-9-7-6-8-10-22)26(33)21(4)34-27-30-29-25(23-13-15-28-16-14-23)32(27)24-12-11-19(2)20(3)17-24/h6-17,21H,5,18H2,1-4H3. The van der Waals surface area contributed by atoms with Crippen LogP contribution in [-0.4, -0.2) is 42.4 Å². The second-order valence-electron chi connectivity index (χ2n) is 8.24. The molecule has 174 valence electrons. The zero-order valence-corrected chi connectivity index (χ0v) is 20.8. The molecular weight excluding hydrogens is 442 g/mol. The van der Waals surface area contributed by atoms with E-state index in [1.165, 1.54) is 22.9 Å². The van der Waals surface area contributed by atoms with Gasteiger partial charge in [-0.15, -0.1) is 10.2 Å². The molecule has 7 heteroatoms. The molecule has 0 radical (unpaired) electrons. The average molecular weight is 472 g/mol. The average Bonchev–Trinajstić information content (AvgIpc) is 3.28. The smallest absolute Gasteiger partial charge is 0.236 e. The number of hydrogen-bond donors (Lipinski definition) is 0. The Labute approximate surface area is 205 Å². The molecule has 0 bridgehead atoms. The summed E-state index contributed by atoms with van der Waals surface area (Å²) < 4.78 is 2.03. The summed E-state index contributed by atoms with van der Waals surface area (Å²) in [5, 5.41) is 9.37. The molecule has 4 rings (SSSR count). The lowest BCUT2D eigenvalue weighted by Gasteiger charge is -2.24. The minimum absolute atomic E-state index is 0.0800. The molecule has 1 atom stereocenters. The van der Waals surface area contributed by atoms with E-state index in [2.05, 4.69) is 47.2 Å². The first-order valence-corrected chi connectivity index (χ1v) is 12.3. The molecule has 4 aromatic rings. The molecule has 0 saturated carbocycles. The normalized spacial score (nSPS) is 11.9. The maximum Gasteiger partial charge on any atom is 0.236 e.